The monoisotopic (exact) mass is 281 g/mol. The molecule has 7 nitrogen and oxygen atoms in total. The van der Waals surface area contributed by atoms with Crippen LogP contribution in [0.25, 0.3) is 0 Å². The summed E-state index contributed by atoms with van der Waals surface area (Å²) in [7, 11) is 0. The van der Waals surface area contributed by atoms with Crippen LogP contribution in [0.15, 0.2) is 6.20 Å². The zero-order chi connectivity index (χ0) is 13.8. The Labute approximate surface area is 115 Å². The highest BCUT2D eigenvalue weighted by Crippen LogP contribution is 2.15. The molecule has 0 radical (unpaired) electrons. The van der Waals surface area contributed by atoms with Crippen LogP contribution < -0.4 is 10.1 Å². The second-order valence-electron chi connectivity index (χ2n) is 4.07. The molecule has 8 heteroatoms. The summed E-state index contributed by atoms with van der Waals surface area (Å²) in [6, 6.07) is 1.83. The molecule has 1 fully saturated rings. The quantitative estimate of drug-likeness (QED) is 0.818. The topological polar surface area (TPSA) is 91.1 Å². The molecule has 1 aromatic heterocycles. The second-order valence-corrected chi connectivity index (χ2v) is 4.43. The number of hydrogen-bond donors (Lipinski definition) is 1. The average Bonchev–Trinajstić information content (AvgIpc) is 2.39. The van der Waals surface area contributed by atoms with Crippen molar-refractivity contribution >= 4 is 17.7 Å². The van der Waals surface area contributed by atoms with Gasteiger partial charge in [-0.25, -0.2) is 9.78 Å². The SMILES string of the molecule is CC1CNCCN1C(=O)Oc1cnc(C#N)c(Cl)n1. The fraction of sp³-hybridized carbons (Fsp3) is 0.455. The standard InChI is InChI=1S/C11H12ClN5O2/c1-7-5-14-2-3-17(7)11(18)19-9-6-15-8(4-13)10(12)16-9/h6-7,14H,2-3,5H2,1H3. The number of halogens is 1. The average molecular weight is 282 g/mol. The molecule has 2 heterocycles. The van der Waals surface area contributed by atoms with E-state index in [0.717, 1.165) is 13.1 Å². The zero-order valence-corrected chi connectivity index (χ0v) is 11.0. The summed E-state index contributed by atoms with van der Waals surface area (Å²) < 4.78 is 5.10. The lowest BCUT2D eigenvalue weighted by molar-refractivity contribution is 0.122. The lowest BCUT2D eigenvalue weighted by Crippen LogP contribution is -2.53. The maximum atomic E-state index is 11.9. The van der Waals surface area contributed by atoms with Crippen LogP contribution >= 0.6 is 11.6 Å². The largest absolute Gasteiger partial charge is 0.416 e. The van der Waals surface area contributed by atoms with Crippen molar-refractivity contribution in [3.8, 4) is 11.9 Å². The Bertz CT molecular complexity index is 530. The van der Waals surface area contributed by atoms with Crippen LogP contribution in [0, 0.1) is 11.3 Å². The van der Waals surface area contributed by atoms with Gasteiger partial charge >= 0.3 is 6.09 Å². The van der Waals surface area contributed by atoms with Gasteiger partial charge < -0.3 is 15.0 Å². The smallest absolute Gasteiger partial charge is 0.389 e. The van der Waals surface area contributed by atoms with Crippen molar-refractivity contribution in [3.63, 3.8) is 0 Å². The molecule has 1 atom stereocenters. The Balaban J connectivity index is 2.06. The number of ether oxygens (including phenoxy) is 1. The predicted octanol–water partition coefficient (Wildman–Crippen LogP) is 0.794. The Morgan fingerprint density at radius 1 is 1.74 bits per heavy atom. The van der Waals surface area contributed by atoms with Gasteiger partial charge in [0.2, 0.25) is 5.88 Å². The van der Waals surface area contributed by atoms with Gasteiger partial charge in [-0.3, -0.25) is 0 Å². The highest BCUT2D eigenvalue weighted by atomic mass is 35.5. The molecule has 0 spiro atoms. The van der Waals surface area contributed by atoms with Crippen molar-refractivity contribution in [2.24, 2.45) is 0 Å². The molecule has 1 saturated heterocycles. The summed E-state index contributed by atoms with van der Waals surface area (Å²) in [4.78, 5) is 21.1. The molecule has 0 aromatic carbocycles. The van der Waals surface area contributed by atoms with Crippen molar-refractivity contribution in [2.45, 2.75) is 13.0 Å². The van der Waals surface area contributed by atoms with E-state index >= 15 is 0 Å². The maximum Gasteiger partial charge on any atom is 0.416 e. The summed E-state index contributed by atoms with van der Waals surface area (Å²) in [5, 5.41) is 11.8. The van der Waals surface area contributed by atoms with Gasteiger partial charge in [-0.2, -0.15) is 10.2 Å². The Morgan fingerprint density at radius 3 is 3.16 bits per heavy atom. The number of nitrogens with zero attached hydrogens (tertiary/aromatic N) is 4. The van der Waals surface area contributed by atoms with E-state index < -0.39 is 6.09 Å². The van der Waals surface area contributed by atoms with E-state index in [9.17, 15) is 4.79 Å². The molecule has 1 amide bonds. The lowest BCUT2D eigenvalue weighted by Gasteiger charge is -2.32. The highest BCUT2D eigenvalue weighted by Gasteiger charge is 2.25. The van der Waals surface area contributed by atoms with Crippen LogP contribution in [0.4, 0.5) is 4.79 Å². The fourth-order valence-electron chi connectivity index (χ4n) is 1.74. The number of nitriles is 1. The van der Waals surface area contributed by atoms with Gasteiger partial charge in [0.05, 0.1) is 6.20 Å². The molecule has 1 aromatic rings. The zero-order valence-electron chi connectivity index (χ0n) is 10.3. The molecular formula is C11H12ClN5O2. The molecule has 1 unspecified atom stereocenters. The molecule has 1 N–H and O–H groups in total. The molecule has 0 saturated carbocycles. The molecule has 1 aliphatic rings. The third-order valence-electron chi connectivity index (χ3n) is 2.74. The molecule has 0 aliphatic carbocycles. The molecular weight excluding hydrogens is 270 g/mol. The van der Waals surface area contributed by atoms with Gasteiger partial charge in [0.15, 0.2) is 10.8 Å². The first-order valence-electron chi connectivity index (χ1n) is 5.73. The van der Waals surface area contributed by atoms with Gasteiger partial charge in [-0.05, 0) is 6.92 Å². The van der Waals surface area contributed by atoms with Gasteiger partial charge in [-0.1, -0.05) is 11.6 Å². The lowest BCUT2D eigenvalue weighted by atomic mass is 10.2. The summed E-state index contributed by atoms with van der Waals surface area (Å²) in [5.74, 6) is -0.0141. The van der Waals surface area contributed by atoms with E-state index in [1.807, 2.05) is 6.92 Å². The molecule has 100 valence electrons. The van der Waals surface area contributed by atoms with Gasteiger partial charge in [-0.15, -0.1) is 0 Å². The molecule has 0 bridgehead atoms. The number of carbonyl (C=O) groups excluding carboxylic acids is 1. The Kier molecular flexibility index (Phi) is 4.14. The summed E-state index contributed by atoms with van der Waals surface area (Å²) in [6.07, 6.45) is 0.707. The van der Waals surface area contributed by atoms with E-state index in [-0.39, 0.29) is 22.8 Å². The number of carbonyl (C=O) groups is 1. The Morgan fingerprint density at radius 2 is 2.53 bits per heavy atom. The van der Waals surface area contributed by atoms with Crippen molar-refractivity contribution in [3.05, 3.63) is 17.0 Å². The minimum Gasteiger partial charge on any atom is -0.389 e. The number of amides is 1. The van der Waals surface area contributed by atoms with Crippen LogP contribution in [0.1, 0.15) is 12.6 Å². The van der Waals surface area contributed by atoms with Gasteiger partial charge in [0, 0.05) is 25.7 Å². The third kappa shape index (κ3) is 3.10. The van der Waals surface area contributed by atoms with Crippen LogP contribution in [0.2, 0.25) is 5.15 Å². The fourth-order valence-corrected chi connectivity index (χ4v) is 1.91. The van der Waals surface area contributed by atoms with Crippen LogP contribution in [-0.2, 0) is 0 Å². The summed E-state index contributed by atoms with van der Waals surface area (Å²) in [5.41, 5.74) is -0.00277. The summed E-state index contributed by atoms with van der Waals surface area (Å²) >= 11 is 5.72. The molecule has 2 rings (SSSR count). The van der Waals surface area contributed by atoms with Crippen LogP contribution in [-0.4, -0.2) is 46.6 Å². The first kappa shape index (κ1) is 13.5. The van der Waals surface area contributed by atoms with E-state index in [0.29, 0.717) is 6.54 Å². The van der Waals surface area contributed by atoms with E-state index in [4.69, 9.17) is 21.6 Å². The van der Waals surface area contributed by atoms with E-state index in [1.165, 1.54) is 6.20 Å². The number of nitrogens with one attached hydrogen (secondary N) is 1. The van der Waals surface area contributed by atoms with E-state index in [1.54, 1.807) is 11.0 Å². The van der Waals surface area contributed by atoms with Crippen molar-refractivity contribution in [2.75, 3.05) is 19.6 Å². The van der Waals surface area contributed by atoms with Gasteiger partial charge in [0.1, 0.15) is 6.07 Å². The minimum atomic E-state index is -0.496. The summed E-state index contributed by atoms with van der Waals surface area (Å²) in [6.45, 7) is 3.93. The maximum absolute atomic E-state index is 11.9. The minimum absolute atomic E-state index is 0.00277. The first-order chi connectivity index (χ1) is 9.11. The predicted molar refractivity (Wildman–Crippen MR) is 66.8 cm³/mol. The van der Waals surface area contributed by atoms with Crippen molar-refractivity contribution in [1.82, 2.24) is 20.2 Å². The number of aromatic nitrogens is 2. The van der Waals surface area contributed by atoms with Crippen molar-refractivity contribution in [1.29, 1.82) is 5.26 Å². The number of hydrogen-bond acceptors (Lipinski definition) is 6. The second kappa shape index (κ2) is 5.82. The van der Waals surface area contributed by atoms with E-state index in [2.05, 4.69) is 15.3 Å². The van der Waals surface area contributed by atoms with Gasteiger partial charge in [0.25, 0.3) is 0 Å². The van der Waals surface area contributed by atoms with Crippen LogP contribution in [0.3, 0.4) is 0 Å². The highest BCUT2D eigenvalue weighted by molar-refractivity contribution is 6.30. The number of rotatable bonds is 1. The Hall–Kier alpha value is -1.91. The third-order valence-corrected chi connectivity index (χ3v) is 3.00. The molecule has 1 aliphatic heterocycles. The van der Waals surface area contributed by atoms with Crippen molar-refractivity contribution < 1.29 is 9.53 Å². The van der Waals surface area contributed by atoms with Crippen LogP contribution in [0.5, 0.6) is 5.88 Å². The molecule has 19 heavy (non-hydrogen) atoms. The number of piperazine rings is 1. The normalized spacial score (nSPS) is 18.8. The first-order valence-corrected chi connectivity index (χ1v) is 6.11.